The SMILES string of the molecule is C[C@H]1CN(C(=O)COCc2nc(-c3cccnc3)no2)C[C@H](C)O1. The fourth-order valence-electron chi connectivity index (χ4n) is 2.62. The summed E-state index contributed by atoms with van der Waals surface area (Å²) in [5.74, 6) is 0.707. The van der Waals surface area contributed by atoms with Gasteiger partial charge in [0.2, 0.25) is 11.7 Å². The molecule has 1 aliphatic rings. The molecule has 0 bridgehead atoms. The van der Waals surface area contributed by atoms with Gasteiger partial charge in [-0.3, -0.25) is 9.78 Å². The Morgan fingerprint density at radius 2 is 2.17 bits per heavy atom. The predicted molar refractivity (Wildman–Crippen MR) is 83.8 cm³/mol. The van der Waals surface area contributed by atoms with Crippen LogP contribution in [-0.4, -0.2) is 57.8 Å². The van der Waals surface area contributed by atoms with E-state index >= 15 is 0 Å². The third-order valence-electron chi connectivity index (χ3n) is 3.61. The van der Waals surface area contributed by atoms with Gasteiger partial charge < -0.3 is 18.9 Å². The van der Waals surface area contributed by atoms with Crippen molar-refractivity contribution in [3.8, 4) is 11.4 Å². The maximum atomic E-state index is 12.2. The summed E-state index contributed by atoms with van der Waals surface area (Å²) in [6, 6.07) is 3.64. The lowest BCUT2D eigenvalue weighted by Gasteiger charge is -2.35. The Labute approximate surface area is 139 Å². The molecule has 0 N–H and O–H groups in total. The molecule has 0 unspecified atom stereocenters. The topological polar surface area (TPSA) is 90.6 Å². The van der Waals surface area contributed by atoms with Gasteiger partial charge in [-0.2, -0.15) is 4.98 Å². The minimum atomic E-state index is -0.0657. The number of hydrogen-bond donors (Lipinski definition) is 0. The molecule has 0 aliphatic carbocycles. The third kappa shape index (κ3) is 4.15. The summed E-state index contributed by atoms with van der Waals surface area (Å²) in [5.41, 5.74) is 0.764. The average molecular weight is 332 g/mol. The molecule has 0 aromatic carbocycles. The van der Waals surface area contributed by atoms with Crippen molar-refractivity contribution >= 4 is 5.91 Å². The van der Waals surface area contributed by atoms with E-state index < -0.39 is 0 Å². The maximum Gasteiger partial charge on any atom is 0.252 e. The molecule has 128 valence electrons. The van der Waals surface area contributed by atoms with Crippen molar-refractivity contribution in [2.24, 2.45) is 0 Å². The van der Waals surface area contributed by atoms with Crippen LogP contribution in [0, 0.1) is 0 Å². The van der Waals surface area contributed by atoms with Crippen LogP contribution in [0.4, 0.5) is 0 Å². The number of hydrogen-bond acceptors (Lipinski definition) is 7. The van der Waals surface area contributed by atoms with E-state index in [1.807, 2.05) is 19.9 Å². The monoisotopic (exact) mass is 332 g/mol. The second-order valence-corrected chi connectivity index (χ2v) is 5.80. The second kappa shape index (κ2) is 7.50. The van der Waals surface area contributed by atoms with E-state index in [-0.39, 0.29) is 31.3 Å². The van der Waals surface area contributed by atoms with Crippen LogP contribution in [0.2, 0.25) is 0 Å². The number of rotatable bonds is 5. The molecule has 24 heavy (non-hydrogen) atoms. The standard InChI is InChI=1S/C16H20N4O4/c1-11-7-20(8-12(2)23-11)15(21)10-22-9-14-18-16(19-24-14)13-4-3-5-17-6-13/h3-6,11-12H,7-10H2,1-2H3/t11-,12-/m0/s1. The van der Waals surface area contributed by atoms with Crippen LogP contribution in [0.1, 0.15) is 19.7 Å². The van der Waals surface area contributed by atoms with Gasteiger partial charge in [-0.15, -0.1) is 0 Å². The summed E-state index contributed by atoms with van der Waals surface area (Å²) in [6.07, 6.45) is 3.40. The first-order chi connectivity index (χ1) is 11.6. The van der Waals surface area contributed by atoms with Crippen LogP contribution in [-0.2, 0) is 20.9 Å². The van der Waals surface area contributed by atoms with Crippen LogP contribution in [0.3, 0.4) is 0 Å². The van der Waals surface area contributed by atoms with E-state index in [0.29, 0.717) is 24.8 Å². The molecular formula is C16H20N4O4. The molecule has 1 aliphatic heterocycles. The lowest BCUT2D eigenvalue weighted by Crippen LogP contribution is -2.49. The molecule has 3 rings (SSSR count). The first kappa shape index (κ1) is 16.5. The summed E-state index contributed by atoms with van der Waals surface area (Å²) in [5, 5.41) is 3.88. The van der Waals surface area contributed by atoms with Gasteiger partial charge in [0, 0.05) is 31.0 Å². The van der Waals surface area contributed by atoms with Crippen molar-refractivity contribution < 1.29 is 18.8 Å². The van der Waals surface area contributed by atoms with E-state index in [0.717, 1.165) is 5.56 Å². The second-order valence-electron chi connectivity index (χ2n) is 5.80. The Morgan fingerprint density at radius 1 is 1.38 bits per heavy atom. The fourth-order valence-corrected chi connectivity index (χ4v) is 2.62. The van der Waals surface area contributed by atoms with Gasteiger partial charge in [-0.25, -0.2) is 0 Å². The van der Waals surface area contributed by atoms with Crippen molar-refractivity contribution in [2.45, 2.75) is 32.7 Å². The predicted octanol–water partition coefficient (Wildman–Crippen LogP) is 1.28. The highest BCUT2D eigenvalue weighted by atomic mass is 16.5. The Balaban J connectivity index is 1.48. The van der Waals surface area contributed by atoms with E-state index in [1.54, 1.807) is 23.4 Å². The van der Waals surface area contributed by atoms with Crippen LogP contribution in [0.15, 0.2) is 29.0 Å². The smallest absolute Gasteiger partial charge is 0.252 e. The summed E-state index contributed by atoms with van der Waals surface area (Å²) >= 11 is 0. The van der Waals surface area contributed by atoms with Crippen molar-refractivity contribution in [1.29, 1.82) is 0 Å². The highest BCUT2D eigenvalue weighted by Gasteiger charge is 2.25. The molecule has 0 radical (unpaired) electrons. The molecule has 1 amide bonds. The number of nitrogens with zero attached hydrogens (tertiary/aromatic N) is 4. The quantitative estimate of drug-likeness (QED) is 0.814. The van der Waals surface area contributed by atoms with Gasteiger partial charge in [-0.1, -0.05) is 5.16 Å². The van der Waals surface area contributed by atoms with Crippen molar-refractivity contribution in [3.63, 3.8) is 0 Å². The van der Waals surface area contributed by atoms with Crippen LogP contribution < -0.4 is 0 Å². The van der Waals surface area contributed by atoms with Crippen molar-refractivity contribution in [1.82, 2.24) is 20.0 Å². The minimum Gasteiger partial charge on any atom is -0.372 e. The van der Waals surface area contributed by atoms with Gasteiger partial charge in [0.05, 0.1) is 12.2 Å². The Bertz CT molecular complexity index is 666. The number of amides is 1. The zero-order valence-electron chi connectivity index (χ0n) is 13.7. The molecule has 2 atom stereocenters. The Kier molecular flexibility index (Phi) is 5.17. The molecular weight excluding hydrogens is 312 g/mol. The molecule has 1 saturated heterocycles. The highest BCUT2D eigenvalue weighted by molar-refractivity contribution is 5.77. The van der Waals surface area contributed by atoms with E-state index in [1.165, 1.54) is 0 Å². The van der Waals surface area contributed by atoms with Crippen LogP contribution in [0.25, 0.3) is 11.4 Å². The summed E-state index contributed by atoms with van der Waals surface area (Å²) in [6.45, 7) is 5.14. The zero-order chi connectivity index (χ0) is 16.9. The van der Waals surface area contributed by atoms with Gasteiger partial charge in [0.15, 0.2) is 0 Å². The maximum absolute atomic E-state index is 12.2. The largest absolute Gasteiger partial charge is 0.372 e. The van der Waals surface area contributed by atoms with Crippen molar-refractivity contribution in [3.05, 3.63) is 30.4 Å². The van der Waals surface area contributed by atoms with E-state index in [2.05, 4.69) is 15.1 Å². The van der Waals surface area contributed by atoms with Gasteiger partial charge in [-0.05, 0) is 26.0 Å². The molecule has 8 nitrogen and oxygen atoms in total. The number of carbonyl (C=O) groups is 1. The Morgan fingerprint density at radius 3 is 2.88 bits per heavy atom. The number of morpholine rings is 1. The molecule has 0 saturated carbocycles. The average Bonchev–Trinajstić information content (AvgIpc) is 3.03. The Hall–Kier alpha value is -2.32. The van der Waals surface area contributed by atoms with E-state index in [4.69, 9.17) is 14.0 Å². The number of aromatic nitrogens is 3. The first-order valence-corrected chi connectivity index (χ1v) is 7.86. The molecule has 1 fully saturated rings. The van der Waals surface area contributed by atoms with Crippen LogP contribution >= 0.6 is 0 Å². The molecule has 3 heterocycles. The van der Waals surface area contributed by atoms with Gasteiger partial charge >= 0.3 is 0 Å². The minimum absolute atomic E-state index is 0.0238. The molecule has 8 heteroatoms. The fraction of sp³-hybridized carbons (Fsp3) is 0.500. The third-order valence-corrected chi connectivity index (χ3v) is 3.61. The highest BCUT2D eigenvalue weighted by Crippen LogP contribution is 2.14. The van der Waals surface area contributed by atoms with Gasteiger partial charge in [0.25, 0.3) is 5.89 Å². The van der Waals surface area contributed by atoms with Gasteiger partial charge in [0.1, 0.15) is 13.2 Å². The van der Waals surface area contributed by atoms with Crippen molar-refractivity contribution in [2.75, 3.05) is 19.7 Å². The zero-order valence-corrected chi connectivity index (χ0v) is 13.7. The lowest BCUT2D eigenvalue weighted by molar-refractivity contribution is -0.148. The van der Waals surface area contributed by atoms with Crippen LogP contribution in [0.5, 0.6) is 0 Å². The van der Waals surface area contributed by atoms with E-state index in [9.17, 15) is 4.79 Å². The summed E-state index contributed by atoms with van der Waals surface area (Å²) in [7, 11) is 0. The normalized spacial score (nSPS) is 21.0. The molecule has 2 aromatic rings. The number of pyridine rings is 1. The first-order valence-electron chi connectivity index (χ1n) is 7.86. The molecule has 2 aromatic heterocycles. The lowest BCUT2D eigenvalue weighted by atomic mass is 10.2. The summed E-state index contributed by atoms with van der Waals surface area (Å²) < 4.78 is 16.1. The summed E-state index contributed by atoms with van der Waals surface area (Å²) in [4.78, 5) is 22.2. The number of carbonyl (C=O) groups excluding carboxylic acids is 1. The molecule has 0 spiro atoms. The number of ether oxygens (including phenoxy) is 2.